The van der Waals surface area contributed by atoms with E-state index >= 15 is 0 Å². The summed E-state index contributed by atoms with van der Waals surface area (Å²) in [5.74, 6) is 0.716. The maximum atomic E-state index is 12.0. The molecule has 4 fully saturated rings. The van der Waals surface area contributed by atoms with Crippen LogP contribution < -0.4 is 0 Å². The van der Waals surface area contributed by atoms with Crippen LogP contribution in [-0.4, -0.2) is 99.5 Å². The molecule has 5 rings (SSSR count). The number of aliphatic hydroxyl groups is 6. The zero-order chi connectivity index (χ0) is 34.1. The van der Waals surface area contributed by atoms with Gasteiger partial charge in [-0.15, -0.1) is 0 Å². The van der Waals surface area contributed by atoms with E-state index in [0.29, 0.717) is 5.92 Å². The molecular formula is C37H62O9. The number of rotatable bonds is 8. The second-order valence-electron chi connectivity index (χ2n) is 17.0. The van der Waals surface area contributed by atoms with Gasteiger partial charge in [-0.05, 0) is 86.4 Å². The van der Waals surface area contributed by atoms with Crippen LogP contribution in [0.1, 0.15) is 93.9 Å². The molecular weight excluding hydrogens is 588 g/mol. The lowest BCUT2D eigenvalue weighted by Gasteiger charge is -2.67. The monoisotopic (exact) mass is 650 g/mol. The lowest BCUT2D eigenvalue weighted by atomic mass is 9.38. The largest absolute Gasteiger partial charge is 0.394 e. The maximum Gasteiger partial charge on any atom is 0.187 e. The highest BCUT2D eigenvalue weighted by Crippen LogP contribution is 2.75. The number of allylic oxidation sites excluding steroid dienone is 1. The van der Waals surface area contributed by atoms with Crippen molar-refractivity contribution in [1.29, 1.82) is 0 Å². The number of aliphatic hydroxyl groups excluding tert-OH is 6. The van der Waals surface area contributed by atoms with E-state index < -0.39 is 49.5 Å². The van der Waals surface area contributed by atoms with Gasteiger partial charge in [-0.1, -0.05) is 64.8 Å². The molecule has 16 atom stereocenters. The summed E-state index contributed by atoms with van der Waals surface area (Å²) in [5.41, 5.74) is 1.90. The van der Waals surface area contributed by atoms with Crippen LogP contribution in [0.4, 0.5) is 0 Å². The third-order valence-corrected chi connectivity index (χ3v) is 14.2. The van der Waals surface area contributed by atoms with E-state index in [1.807, 2.05) is 27.0 Å². The zero-order valence-electron chi connectivity index (χ0n) is 29.5. The highest BCUT2D eigenvalue weighted by atomic mass is 16.7. The average molecular weight is 651 g/mol. The normalized spacial score (nSPS) is 48.7. The summed E-state index contributed by atoms with van der Waals surface area (Å²) in [6, 6.07) is 0. The Kier molecular flexibility index (Phi) is 10.1. The van der Waals surface area contributed by atoms with Crippen LogP contribution in [0.15, 0.2) is 23.3 Å². The molecule has 0 aromatic heterocycles. The lowest BCUT2D eigenvalue weighted by Crippen LogP contribution is -2.63. The molecule has 3 saturated carbocycles. The van der Waals surface area contributed by atoms with Gasteiger partial charge in [0.15, 0.2) is 6.29 Å². The SMILES string of the molecule is CO[C@H]1C=C2[C@@H](CC[C@H](O)C2(C)C)[C@]2(C)CC[C@]3(C)[C@@H]([C@H](C)[C@H](O)[C@H](C=C(C)C)O[C@@H]4O[C@H](CO)[C@@H](O)[C@H](O)[C@H]4O)CC[C@@]3(C)[C@H]12. The molecule has 4 aliphatic carbocycles. The summed E-state index contributed by atoms with van der Waals surface area (Å²) in [6.45, 7) is 17.1. The molecule has 1 saturated heterocycles. The second kappa shape index (κ2) is 12.8. The Morgan fingerprint density at radius 1 is 0.957 bits per heavy atom. The summed E-state index contributed by atoms with van der Waals surface area (Å²) in [4.78, 5) is 0. The van der Waals surface area contributed by atoms with Crippen LogP contribution >= 0.6 is 0 Å². The molecule has 5 aliphatic rings. The van der Waals surface area contributed by atoms with Gasteiger partial charge in [-0.2, -0.15) is 0 Å². The molecule has 9 heteroatoms. The average Bonchev–Trinajstić information content (AvgIpc) is 3.28. The van der Waals surface area contributed by atoms with Gasteiger partial charge in [0.25, 0.3) is 0 Å². The standard InChI is InChI=1S/C37H62O9/c1-19(2)16-24(45-33-31(43)30(42)29(41)26(18-38)46-33)28(40)20(3)21-12-13-37(8)32-25(44-9)17-23-22(10-11-27(39)34(23,4)5)35(32,6)14-15-36(21,37)7/h16-17,20-22,24-33,38-43H,10-15,18H2,1-9H3/t20-,21+,22+,24-,25-,26+,27-,28-,29+,30-,31+,32+,33+,35-,36+,37-/m0/s1. The number of ether oxygens (including phenoxy) is 3. The molecule has 0 amide bonds. The highest BCUT2D eigenvalue weighted by Gasteiger charge is 2.70. The minimum Gasteiger partial charge on any atom is -0.394 e. The van der Waals surface area contributed by atoms with Crippen molar-refractivity contribution in [3.63, 3.8) is 0 Å². The minimum absolute atomic E-state index is 0.0317. The van der Waals surface area contributed by atoms with Crippen LogP contribution in [0.25, 0.3) is 0 Å². The molecule has 1 heterocycles. The molecule has 46 heavy (non-hydrogen) atoms. The van der Waals surface area contributed by atoms with E-state index in [4.69, 9.17) is 14.2 Å². The van der Waals surface area contributed by atoms with Crippen LogP contribution in [0.3, 0.4) is 0 Å². The first-order chi connectivity index (χ1) is 21.4. The molecule has 1 aliphatic heterocycles. The van der Waals surface area contributed by atoms with Gasteiger partial charge in [-0.3, -0.25) is 0 Å². The van der Waals surface area contributed by atoms with Crippen LogP contribution in [0, 0.1) is 45.3 Å². The molecule has 0 radical (unpaired) electrons. The van der Waals surface area contributed by atoms with Crippen molar-refractivity contribution in [1.82, 2.24) is 0 Å². The van der Waals surface area contributed by atoms with Gasteiger partial charge in [-0.25, -0.2) is 0 Å². The van der Waals surface area contributed by atoms with Crippen molar-refractivity contribution in [3.05, 3.63) is 23.3 Å². The molecule has 264 valence electrons. The Morgan fingerprint density at radius 3 is 2.24 bits per heavy atom. The van der Waals surface area contributed by atoms with E-state index in [9.17, 15) is 30.6 Å². The first kappa shape index (κ1) is 36.4. The second-order valence-corrected chi connectivity index (χ2v) is 17.0. The fraction of sp³-hybridized carbons (Fsp3) is 0.892. The van der Waals surface area contributed by atoms with Crippen molar-refractivity contribution < 1.29 is 44.8 Å². The fourth-order valence-electron chi connectivity index (χ4n) is 11.2. The van der Waals surface area contributed by atoms with E-state index in [1.165, 1.54) is 5.57 Å². The maximum absolute atomic E-state index is 12.0. The topological polar surface area (TPSA) is 149 Å². The van der Waals surface area contributed by atoms with Crippen molar-refractivity contribution in [2.75, 3.05) is 13.7 Å². The van der Waals surface area contributed by atoms with Crippen LogP contribution in [-0.2, 0) is 14.2 Å². The van der Waals surface area contributed by atoms with Gasteiger partial charge in [0.2, 0.25) is 0 Å². The third-order valence-electron chi connectivity index (χ3n) is 14.2. The Balaban J connectivity index is 1.43. The minimum atomic E-state index is -1.55. The summed E-state index contributed by atoms with van der Waals surface area (Å²) in [5, 5.41) is 64.0. The number of fused-ring (bicyclic) bond motifs is 5. The summed E-state index contributed by atoms with van der Waals surface area (Å²) < 4.78 is 18.2. The van der Waals surface area contributed by atoms with E-state index in [0.717, 1.165) is 44.1 Å². The number of hydrogen-bond donors (Lipinski definition) is 6. The molecule has 9 nitrogen and oxygen atoms in total. The lowest BCUT2D eigenvalue weighted by molar-refractivity contribution is -0.314. The van der Waals surface area contributed by atoms with E-state index in [-0.39, 0.29) is 51.6 Å². The van der Waals surface area contributed by atoms with E-state index in [2.05, 4.69) is 47.6 Å². The van der Waals surface area contributed by atoms with Crippen molar-refractivity contribution in [2.24, 2.45) is 45.3 Å². The van der Waals surface area contributed by atoms with Gasteiger partial charge in [0.05, 0.1) is 24.9 Å². The van der Waals surface area contributed by atoms with Crippen molar-refractivity contribution in [3.8, 4) is 0 Å². The highest BCUT2D eigenvalue weighted by molar-refractivity contribution is 5.33. The van der Waals surface area contributed by atoms with Gasteiger partial charge < -0.3 is 44.8 Å². The Labute approximate surface area is 276 Å². The Hall–Kier alpha value is -0.880. The predicted molar refractivity (Wildman–Crippen MR) is 174 cm³/mol. The number of methoxy groups -OCH3 is 1. The molecule has 0 unspecified atom stereocenters. The quantitative estimate of drug-likeness (QED) is 0.216. The Bertz CT molecular complexity index is 1160. The van der Waals surface area contributed by atoms with Gasteiger partial charge in [0.1, 0.15) is 30.5 Å². The zero-order valence-corrected chi connectivity index (χ0v) is 29.5. The summed E-state index contributed by atoms with van der Waals surface area (Å²) >= 11 is 0. The molecule has 6 N–H and O–H groups in total. The molecule has 0 spiro atoms. The fourth-order valence-corrected chi connectivity index (χ4v) is 11.2. The van der Waals surface area contributed by atoms with Crippen molar-refractivity contribution in [2.45, 2.75) is 149 Å². The number of hydrogen-bond acceptors (Lipinski definition) is 9. The van der Waals surface area contributed by atoms with E-state index in [1.54, 1.807) is 0 Å². The molecule has 0 aromatic rings. The smallest absolute Gasteiger partial charge is 0.187 e. The summed E-state index contributed by atoms with van der Waals surface area (Å²) in [6.07, 6.45) is 0.870. The summed E-state index contributed by atoms with van der Waals surface area (Å²) in [7, 11) is 1.82. The Morgan fingerprint density at radius 2 is 1.63 bits per heavy atom. The van der Waals surface area contributed by atoms with Crippen molar-refractivity contribution >= 4 is 0 Å². The van der Waals surface area contributed by atoms with Crippen LogP contribution in [0.2, 0.25) is 0 Å². The first-order valence-electron chi connectivity index (χ1n) is 17.6. The third kappa shape index (κ3) is 5.48. The first-order valence-corrected chi connectivity index (χ1v) is 17.6. The van der Waals surface area contributed by atoms with Gasteiger partial charge >= 0.3 is 0 Å². The molecule has 0 aromatic carbocycles. The molecule has 0 bridgehead atoms. The predicted octanol–water partition coefficient (Wildman–Crippen LogP) is 3.73. The van der Waals surface area contributed by atoms with Gasteiger partial charge in [0, 0.05) is 18.4 Å². The van der Waals surface area contributed by atoms with Crippen LogP contribution in [0.5, 0.6) is 0 Å².